The summed E-state index contributed by atoms with van der Waals surface area (Å²) in [6.07, 6.45) is 3.27. The number of nitrogens with zero attached hydrogens (tertiary/aromatic N) is 3. The van der Waals surface area contributed by atoms with Gasteiger partial charge < -0.3 is 9.64 Å². The van der Waals surface area contributed by atoms with E-state index in [9.17, 15) is 14.0 Å². The standard InChI is InChI=1S/C30H28ClFN4O3/c1-20-6-4-7-23(16-20)36-18-27(21-11-13-22(31)14-12-21)33-30(36)34-28(37)19-35(17-24-8-5-15-39-24)29(38)25-9-2-3-10-26(25)32/h2-4,6-7,9-14,16,18,24H,5,8,15,17,19H2,1H3,(H,33,34,37). The highest BCUT2D eigenvalue weighted by Gasteiger charge is 2.27. The molecule has 1 aliphatic heterocycles. The highest BCUT2D eigenvalue weighted by molar-refractivity contribution is 6.30. The van der Waals surface area contributed by atoms with Crippen molar-refractivity contribution < 1.29 is 18.7 Å². The topological polar surface area (TPSA) is 76.5 Å². The minimum atomic E-state index is -0.636. The molecule has 0 bridgehead atoms. The number of halogens is 2. The fourth-order valence-electron chi connectivity index (χ4n) is 4.60. The third kappa shape index (κ3) is 6.35. The van der Waals surface area contributed by atoms with E-state index in [1.54, 1.807) is 22.8 Å². The van der Waals surface area contributed by atoms with Crippen LogP contribution in [0.2, 0.25) is 5.02 Å². The number of imidazole rings is 1. The van der Waals surface area contributed by atoms with E-state index in [-0.39, 0.29) is 24.8 Å². The van der Waals surface area contributed by atoms with Crippen LogP contribution in [0.5, 0.6) is 0 Å². The first-order chi connectivity index (χ1) is 18.9. The van der Waals surface area contributed by atoms with Gasteiger partial charge in [0, 0.05) is 35.6 Å². The maximum atomic E-state index is 14.5. The first-order valence-corrected chi connectivity index (χ1v) is 13.1. The van der Waals surface area contributed by atoms with Crippen LogP contribution in [0.3, 0.4) is 0 Å². The SMILES string of the molecule is Cc1cccc(-n2cc(-c3ccc(Cl)cc3)nc2NC(=O)CN(CC2CCCO2)C(=O)c2ccccc2F)c1. The van der Waals surface area contributed by atoms with E-state index in [2.05, 4.69) is 10.3 Å². The molecule has 2 amide bonds. The van der Waals surface area contributed by atoms with Crippen LogP contribution >= 0.6 is 11.6 Å². The molecule has 1 fully saturated rings. The molecule has 3 aromatic carbocycles. The smallest absolute Gasteiger partial charge is 0.257 e. The Balaban J connectivity index is 1.43. The van der Waals surface area contributed by atoms with Crippen LogP contribution in [0.4, 0.5) is 10.3 Å². The van der Waals surface area contributed by atoms with E-state index in [4.69, 9.17) is 16.3 Å². The van der Waals surface area contributed by atoms with Gasteiger partial charge in [-0.05, 0) is 61.7 Å². The van der Waals surface area contributed by atoms with Crippen molar-refractivity contribution >= 4 is 29.4 Å². The number of rotatable bonds is 8. The summed E-state index contributed by atoms with van der Waals surface area (Å²) in [5, 5.41) is 3.47. The molecule has 39 heavy (non-hydrogen) atoms. The largest absolute Gasteiger partial charge is 0.376 e. The third-order valence-electron chi connectivity index (χ3n) is 6.55. The quantitative estimate of drug-likeness (QED) is 0.298. The maximum Gasteiger partial charge on any atom is 0.257 e. The van der Waals surface area contributed by atoms with Crippen molar-refractivity contribution in [2.45, 2.75) is 25.9 Å². The molecule has 0 radical (unpaired) electrons. The summed E-state index contributed by atoms with van der Waals surface area (Å²) in [5.41, 5.74) is 3.24. The van der Waals surface area contributed by atoms with Crippen LogP contribution in [0.1, 0.15) is 28.8 Å². The first kappa shape index (κ1) is 26.6. The van der Waals surface area contributed by atoms with E-state index >= 15 is 0 Å². The number of aromatic nitrogens is 2. The second-order valence-electron chi connectivity index (χ2n) is 9.51. The van der Waals surface area contributed by atoms with Gasteiger partial charge in [-0.1, -0.05) is 48.0 Å². The van der Waals surface area contributed by atoms with Gasteiger partial charge >= 0.3 is 0 Å². The molecule has 1 atom stereocenters. The molecule has 7 nitrogen and oxygen atoms in total. The Bertz CT molecular complexity index is 1480. The number of benzene rings is 3. The fourth-order valence-corrected chi connectivity index (χ4v) is 4.72. The van der Waals surface area contributed by atoms with E-state index in [1.165, 1.54) is 23.1 Å². The zero-order chi connectivity index (χ0) is 27.4. The zero-order valence-corrected chi connectivity index (χ0v) is 22.2. The predicted molar refractivity (Wildman–Crippen MR) is 149 cm³/mol. The molecule has 200 valence electrons. The van der Waals surface area contributed by atoms with Gasteiger partial charge in [0.15, 0.2) is 0 Å². The summed E-state index contributed by atoms with van der Waals surface area (Å²) in [6.45, 7) is 2.48. The second kappa shape index (κ2) is 11.8. The van der Waals surface area contributed by atoms with Crippen LogP contribution < -0.4 is 5.32 Å². The fraction of sp³-hybridized carbons (Fsp3) is 0.233. The summed E-state index contributed by atoms with van der Waals surface area (Å²) in [7, 11) is 0. The lowest BCUT2D eigenvalue weighted by Gasteiger charge is -2.25. The van der Waals surface area contributed by atoms with Crippen LogP contribution in [-0.4, -0.2) is 52.1 Å². The number of hydrogen-bond acceptors (Lipinski definition) is 4. The normalized spacial score (nSPS) is 14.8. The first-order valence-electron chi connectivity index (χ1n) is 12.7. The molecular weight excluding hydrogens is 519 g/mol. The van der Waals surface area contributed by atoms with E-state index < -0.39 is 17.6 Å². The van der Waals surface area contributed by atoms with E-state index in [0.29, 0.717) is 23.3 Å². The van der Waals surface area contributed by atoms with Crippen molar-refractivity contribution in [2.75, 3.05) is 25.0 Å². The molecule has 0 saturated carbocycles. The minimum Gasteiger partial charge on any atom is -0.376 e. The molecule has 2 heterocycles. The monoisotopic (exact) mass is 546 g/mol. The average molecular weight is 547 g/mol. The lowest BCUT2D eigenvalue weighted by atomic mass is 10.1. The van der Waals surface area contributed by atoms with E-state index in [0.717, 1.165) is 29.7 Å². The predicted octanol–water partition coefficient (Wildman–Crippen LogP) is 5.90. The van der Waals surface area contributed by atoms with Crippen LogP contribution in [-0.2, 0) is 9.53 Å². The Hall–Kier alpha value is -4.01. The summed E-state index contributed by atoms with van der Waals surface area (Å²) in [6, 6.07) is 20.8. The average Bonchev–Trinajstić information content (AvgIpc) is 3.59. The Morgan fingerprint density at radius 2 is 1.92 bits per heavy atom. The molecule has 1 N–H and O–H groups in total. The molecule has 4 aromatic rings. The minimum absolute atomic E-state index is 0.0883. The Labute approximate surface area is 231 Å². The Kier molecular flexibility index (Phi) is 8.05. The highest BCUT2D eigenvalue weighted by Crippen LogP contribution is 2.26. The van der Waals surface area contributed by atoms with E-state index in [1.807, 2.05) is 49.5 Å². The van der Waals surface area contributed by atoms with Crippen LogP contribution in [0.25, 0.3) is 16.9 Å². The molecule has 0 spiro atoms. The molecule has 1 unspecified atom stereocenters. The molecule has 9 heteroatoms. The van der Waals surface area contributed by atoms with Crippen LogP contribution in [0.15, 0.2) is 79.0 Å². The molecule has 0 aliphatic carbocycles. The van der Waals surface area contributed by atoms with Crippen molar-refractivity contribution in [3.05, 3.63) is 101 Å². The van der Waals surface area contributed by atoms with Gasteiger partial charge in [-0.2, -0.15) is 0 Å². The van der Waals surface area contributed by atoms with Gasteiger partial charge in [0.1, 0.15) is 12.4 Å². The Morgan fingerprint density at radius 3 is 2.64 bits per heavy atom. The molecule has 5 rings (SSSR count). The van der Waals surface area contributed by atoms with Crippen molar-refractivity contribution in [3.8, 4) is 16.9 Å². The highest BCUT2D eigenvalue weighted by atomic mass is 35.5. The summed E-state index contributed by atoms with van der Waals surface area (Å²) in [4.78, 5) is 32.7. The molecular formula is C30H28ClFN4O3. The summed E-state index contributed by atoms with van der Waals surface area (Å²) >= 11 is 6.06. The number of aryl methyl sites for hydroxylation is 1. The van der Waals surface area contributed by atoms with Gasteiger partial charge in [0.05, 0.1) is 17.4 Å². The number of hydrogen-bond donors (Lipinski definition) is 1. The lowest BCUT2D eigenvalue weighted by molar-refractivity contribution is -0.117. The van der Waals surface area contributed by atoms with Gasteiger partial charge in [-0.3, -0.25) is 19.5 Å². The number of carbonyl (C=O) groups is 2. The molecule has 1 saturated heterocycles. The van der Waals surface area contributed by atoms with Gasteiger partial charge in [0.25, 0.3) is 5.91 Å². The number of nitrogens with one attached hydrogen (secondary N) is 1. The van der Waals surface area contributed by atoms with Crippen molar-refractivity contribution in [3.63, 3.8) is 0 Å². The van der Waals surface area contributed by atoms with Crippen LogP contribution in [0, 0.1) is 12.7 Å². The second-order valence-corrected chi connectivity index (χ2v) is 9.95. The van der Waals surface area contributed by atoms with Crippen molar-refractivity contribution in [1.82, 2.24) is 14.5 Å². The van der Waals surface area contributed by atoms with Crippen molar-refractivity contribution in [2.24, 2.45) is 0 Å². The maximum absolute atomic E-state index is 14.5. The van der Waals surface area contributed by atoms with Gasteiger partial charge in [-0.15, -0.1) is 0 Å². The van der Waals surface area contributed by atoms with Gasteiger partial charge in [0.2, 0.25) is 11.9 Å². The number of ether oxygens (including phenoxy) is 1. The lowest BCUT2D eigenvalue weighted by Crippen LogP contribution is -2.42. The van der Waals surface area contributed by atoms with Crippen molar-refractivity contribution in [1.29, 1.82) is 0 Å². The zero-order valence-electron chi connectivity index (χ0n) is 21.4. The third-order valence-corrected chi connectivity index (χ3v) is 6.80. The molecule has 1 aromatic heterocycles. The molecule has 1 aliphatic rings. The summed E-state index contributed by atoms with van der Waals surface area (Å²) in [5.74, 6) is -1.36. The summed E-state index contributed by atoms with van der Waals surface area (Å²) < 4.78 is 22.0. The van der Waals surface area contributed by atoms with Gasteiger partial charge in [-0.25, -0.2) is 9.37 Å². The number of amides is 2. The Morgan fingerprint density at radius 1 is 1.13 bits per heavy atom. The number of anilines is 1. The number of carbonyl (C=O) groups excluding carboxylic acids is 2.